The summed E-state index contributed by atoms with van der Waals surface area (Å²) >= 11 is 11.2. The highest BCUT2D eigenvalue weighted by Gasteiger charge is 2.15. The Labute approximate surface area is 147 Å². The second kappa shape index (κ2) is 9.24. The Bertz CT molecular complexity index is 658. The van der Waals surface area contributed by atoms with Gasteiger partial charge in [-0.1, -0.05) is 47.5 Å². The van der Waals surface area contributed by atoms with Gasteiger partial charge < -0.3 is 20.4 Å². The molecular weight excluding hydrogens is 359 g/mol. The molecule has 8 heteroatoms. The van der Waals surface area contributed by atoms with E-state index in [4.69, 9.17) is 43.6 Å². The van der Waals surface area contributed by atoms with Gasteiger partial charge in [0, 0.05) is 10.0 Å². The largest absolute Gasteiger partial charge is 0.479 e. The summed E-state index contributed by atoms with van der Waals surface area (Å²) in [6, 6.07) is 12.2. The number of aliphatic hydroxyl groups is 2. The van der Waals surface area contributed by atoms with Crippen molar-refractivity contribution in [2.45, 2.75) is 12.2 Å². The van der Waals surface area contributed by atoms with Gasteiger partial charge in [-0.05, 0) is 35.4 Å². The van der Waals surface area contributed by atoms with Crippen molar-refractivity contribution in [3.8, 4) is 0 Å². The summed E-state index contributed by atoms with van der Waals surface area (Å²) in [6.45, 7) is 0. The topological polar surface area (TPSA) is 115 Å². The Balaban J connectivity index is 0.000000240. The zero-order valence-electron chi connectivity index (χ0n) is 12.1. The van der Waals surface area contributed by atoms with Crippen molar-refractivity contribution < 1.29 is 30.0 Å². The molecule has 128 valence electrons. The highest BCUT2D eigenvalue weighted by atomic mass is 35.5. The quantitative estimate of drug-likeness (QED) is 0.655. The third kappa shape index (κ3) is 6.17. The molecule has 0 aromatic heterocycles. The van der Waals surface area contributed by atoms with Gasteiger partial charge in [0.25, 0.3) is 0 Å². The summed E-state index contributed by atoms with van der Waals surface area (Å²) < 4.78 is 0. The Morgan fingerprint density at radius 2 is 1.08 bits per heavy atom. The first-order valence-corrected chi connectivity index (χ1v) is 7.30. The van der Waals surface area contributed by atoms with Crippen LogP contribution >= 0.6 is 23.2 Å². The zero-order valence-corrected chi connectivity index (χ0v) is 13.6. The standard InChI is InChI=1S/2C8H7ClO3/c2*9-6-3-1-2-5(4-6)7(10)8(11)12/h2*1-4,7,10H,(H,11,12)/t7-;/m0./s1. The van der Waals surface area contributed by atoms with Crippen molar-refractivity contribution in [1.29, 1.82) is 0 Å². The minimum Gasteiger partial charge on any atom is -0.479 e. The average Bonchev–Trinajstić information content (AvgIpc) is 2.53. The van der Waals surface area contributed by atoms with Gasteiger partial charge in [0.2, 0.25) is 0 Å². The third-order valence-electron chi connectivity index (χ3n) is 2.80. The van der Waals surface area contributed by atoms with Crippen LogP contribution in [0.4, 0.5) is 0 Å². The lowest BCUT2D eigenvalue weighted by Gasteiger charge is -2.04. The van der Waals surface area contributed by atoms with Gasteiger partial charge >= 0.3 is 11.9 Å². The second-order valence-electron chi connectivity index (χ2n) is 4.59. The van der Waals surface area contributed by atoms with Crippen molar-refractivity contribution >= 4 is 35.1 Å². The van der Waals surface area contributed by atoms with Crippen LogP contribution in [-0.2, 0) is 9.59 Å². The van der Waals surface area contributed by atoms with Crippen LogP contribution in [0.3, 0.4) is 0 Å². The first-order valence-electron chi connectivity index (χ1n) is 6.55. The van der Waals surface area contributed by atoms with E-state index in [2.05, 4.69) is 0 Å². The Hall–Kier alpha value is -2.12. The van der Waals surface area contributed by atoms with Crippen LogP contribution < -0.4 is 0 Å². The van der Waals surface area contributed by atoms with Crippen molar-refractivity contribution in [3.63, 3.8) is 0 Å². The SMILES string of the molecule is O=C(O)C(O)c1cccc(Cl)c1.O=C(O)[C@@H](O)c1cccc(Cl)c1. The van der Waals surface area contributed by atoms with E-state index in [1.807, 2.05) is 0 Å². The van der Waals surface area contributed by atoms with Crippen LogP contribution in [0, 0.1) is 0 Å². The maximum atomic E-state index is 10.3. The van der Waals surface area contributed by atoms with Crippen molar-refractivity contribution in [2.75, 3.05) is 0 Å². The normalized spacial score (nSPS) is 12.5. The number of benzene rings is 2. The summed E-state index contributed by atoms with van der Waals surface area (Å²) in [7, 11) is 0. The fourth-order valence-corrected chi connectivity index (χ4v) is 2.04. The molecule has 0 spiro atoms. The van der Waals surface area contributed by atoms with E-state index in [0.717, 1.165) is 0 Å². The molecule has 1 unspecified atom stereocenters. The highest BCUT2D eigenvalue weighted by Crippen LogP contribution is 2.18. The van der Waals surface area contributed by atoms with Gasteiger partial charge in [0.1, 0.15) is 0 Å². The first kappa shape index (κ1) is 19.9. The highest BCUT2D eigenvalue weighted by molar-refractivity contribution is 6.30. The summed E-state index contributed by atoms with van der Waals surface area (Å²) in [4.78, 5) is 20.6. The number of rotatable bonds is 4. The summed E-state index contributed by atoms with van der Waals surface area (Å²) in [5.74, 6) is -2.56. The van der Waals surface area contributed by atoms with Gasteiger partial charge in [-0.2, -0.15) is 0 Å². The molecule has 0 aliphatic carbocycles. The summed E-state index contributed by atoms with van der Waals surface area (Å²) in [6.07, 6.45) is -2.99. The van der Waals surface area contributed by atoms with Crippen LogP contribution in [-0.4, -0.2) is 32.4 Å². The molecule has 0 heterocycles. The van der Waals surface area contributed by atoms with Crippen LogP contribution in [0.1, 0.15) is 23.3 Å². The summed E-state index contributed by atoms with van der Waals surface area (Å²) in [5, 5.41) is 35.8. The molecule has 2 atom stereocenters. The molecule has 0 saturated carbocycles. The van der Waals surface area contributed by atoms with Crippen LogP contribution in [0.25, 0.3) is 0 Å². The molecule has 2 rings (SSSR count). The minimum absolute atomic E-state index is 0.287. The van der Waals surface area contributed by atoms with Crippen LogP contribution in [0.5, 0.6) is 0 Å². The lowest BCUT2D eigenvalue weighted by molar-refractivity contribution is -0.147. The number of aliphatic carboxylic acids is 2. The third-order valence-corrected chi connectivity index (χ3v) is 3.27. The molecule has 0 radical (unpaired) electrons. The van der Waals surface area contributed by atoms with E-state index in [-0.39, 0.29) is 11.1 Å². The molecule has 0 amide bonds. The lowest BCUT2D eigenvalue weighted by Crippen LogP contribution is -2.09. The Morgan fingerprint density at radius 3 is 1.33 bits per heavy atom. The second-order valence-corrected chi connectivity index (χ2v) is 5.46. The average molecular weight is 373 g/mol. The fourth-order valence-electron chi connectivity index (χ4n) is 1.64. The molecule has 6 nitrogen and oxygen atoms in total. The van der Waals surface area contributed by atoms with E-state index >= 15 is 0 Å². The van der Waals surface area contributed by atoms with E-state index in [1.54, 1.807) is 24.3 Å². The van der Waals surface area contributed by atoms with Crippen LogP contribution in [0.15, 0.2) is 48.5 Å². The van der Waals surface area contributed by atoms with Gasteiger partial charge in [-0.15, -0.1) is 0 Å². The number of hydrogen-bond donors (Lipinski definition) is 4. The van der Waals surface area contributed by atoms with Crippen molar-refractivity contribution in [1.82, 2.24) is 0 Å². The number of aliphatic hydroxyl groups excluding tert-OH is 2. The zero-order chi connectivity index (χ0) is 18.3. The minimum atomic E-state index is -1.50. The van der Waals surface area contributed by atoms with E-state index < -0.39 is 24.1 Å². The maximum Gasteiger partial charge on any atom is 0.337 e. The number of carbonyl (C=O) groups is 2. The van der Waals surface area contributed by atoms with Gasteiger partial charge in [-0.25, -0.2) is 9.59 Å². The van der Waals surface area contributed by atoms with E-state index in [0.29, 0.717) is 10.0 Å². The summed E-state index contributed by atoms with van der Waals surface area (Å²) in [5.41, 5.74) is 0.574. The fraction of sp³-hybridized carbons (Fsp3) is 0.125. The molecule has 0 aliphatic rings. The first-order chi connectivity index (χ1) is 11.2. The molecule has 4 N–H and O–H groups in total. The lowest BCUT2D eigenvalue weighted by atomic mass is 10.1. The molecule has 2 aromatic carbocycles. The van der Waals surface area contributed by atoms with Crippen molar-refractivity contribution in [3.05, 3.63) is 69.7 Å². The molecule has 0 fully saturated rings. The predicted octanol–water partition coefficient (Wildman–Crippen LogP) is 2.92. The number of hydrogen-bond acceptors (Lipinski definition) is 4. The van der Waals surface area contributed by atoms with Crippen molar-refractivity contribution in [2.24, 2.45) is 0 Å². The maximum absolute atomic E-state index is 10.3. The predicted molar refractivity (Wildman–Crippen MR) is 88.1 cm³/mol. The smallest absolute Gasteiger partial charge is 0.337 e. The number of carboxylic acid groups (broad SMARTS) is 2. The van der Waals surface area contributed by atoms with Gasteiger partial charge in [0.05, 0.1) is 0 Å². The van der Waals surface area contributed by atoms with Crippen LogP contribution in [0.2, 0.25) is 10.0 Å². The molecule has 2 aromatic rings. The molecular formula is C16H14Cl2O6. The molecule has 0 aliphatic heterocycles. The monoisotopic (exact) mass is 372 g/mol. The molecule has 0 saturated heterocycles. The molecule has 0 bridgehead atoms. The van der Waals surface area contributed by atoms with E-state index in [1.165, 1.54) is 24.3 Å². The Kier molecular flexibility index (Phi) is 7.67. The number of halogens is 2. The number of carboxylic acids is 2. The molecule has 24 heavy (non-hydrogen) atoms. The van der Waals surface area contributed by atoms with E-state index in [9.17, 15) is 9.59 Å². The van der Waals surface area contributed by atoms with Gasteiger partial charge in [-0.3, -0.25) is 0 Å². The Morgan fingerprint density at radius 1 is 0.750 bits per heavy atom. The van der Waals surface area contributed by atoms with Gasteiger partial charge in [0.15, 0.2) is 12.2 Å².